The average molecular weight is 285 g/mol. The van der Waals surface area contributed by atoms with Gasteiger partial charge < -0.3 is 5.11 Å². The van der Waals surface area contributed by atoms with E-state index >= 15 is 0 Å². The molecule has 2 heteroatoms. The van der Waals surface area contributed by atoms with Gasteiger partial charge in [0.05, 0.1) is 0 Å². The Hall–Kier alpha value is -1.30. The average Bonchev–Trinajstić information content (AvgIpc) is 2.45. The Morgan fingerprint density at radius 1 is 1.29 bits per heavy atom. The molecule has 114 valence electrons. The maximum atomic E-state index is 8.77. The van der Waals surface area contributed by atoms with E-state index < -0.39 is 0 Å². The van der Waals surface area contributed by atoms with Crippen LogP contribution >= 0.6 is 0 Å². The second-order valence-electron chi connectivity index (χ2n) is 6.97. The maximum absolute atomic E-state index is 8.77. The van der Waals surface area contributed by atoms with Crippen LogP contribution in [0, 0.1) is 17.3 Å². The van der Waals surface area contributed by atoms with Crippen molar-refractivity contribution in [1.82, 2.24) is 4.90 Å². The summed E-state index contributed by atoms with van der Waals surface area (Å²) in [6.07, 6.45) is 5.25. The number of hydrogen-bond acceptors (Lipinski definition) is 2. The molecule has 1 aromatic carbocycles. The van der Waals surface area contributed by atoms with Crippen molar-refractivity contribution in [3.05, 3.63) is 35.4 Å². The Labute approximate surface area is 129 Å². The van der Waals surface area contributed by atoms with Crippen LogP contribution in [0.5, 0.6) is 0 Å². The molecule has 1 aliphatic rings. The third-order valence-corrected chi connectivity index (χ3v) is 4.60. The van der Waals surface area contributed by atoms with Gasteiger partial charge in [-0.15, -0.1) is 0 Å². The minimum absolute atomic E-state index is 0.0814. The molecule has 0 spiro atoms. The van der Waals surface area contributed by atoms with Crippen molar-refractivity contribution >= 4 is 0 Å². The van der Waals surface area contributed by atoms with Crippen LogP contribution in [-0.2, 0) is 6.54 Å². The second-order valence-corrected chi connectivity index (χ2v) is 6.97. The van der Waals surface area contributed by atoms with Gasteiger partial charge in [0.1, 0.15) is 6.61 Å². The van der Waals surface area contributed by atoms with Crippen molar-refractivity contribution in [1.29, 1.82) is 0 Å². The van der Waals surface area contributed by atoms with Gasteiger partial charge in [0, 0.05) is 18.2 Å². The Balaban J connectivity index is 1.95. The number of aliphatic hydroxyl groups excluding tert-OH is 1. The van der Waals surface area contributed by atoms with Crippen molar-refractivity contribution in [3.63, 3.8) is 0 Å². The largest absolute Gasteiger partial charge is 0.384 e. The lowest BCUT2D eigenvalue weighted by Crippen LogP contribution is -2.36. The molecule has 2 nitrogen and oxygen atoms in total. The van der Waals surface area contributed by atoms with Gasteiger partial charge in [-0.2, -0.15) is 0 Å². The van der Waals surface area contributed by atoms with Crippen LogP contribution in [0.3, 0.4) is 0 Å². The van der Waals surface area contributed by atoms with Gasteiger partial charge in [-0.05, 0) is 55.8 Å². The molecule has 0 saturated heterocycles. The zero-order chi connectivity index (χ0) is 15.3. The van der Waals surface area contributed by atoms with Gasteiger partial charge in [-0.25, -0.2) is 0 Å². The fourth-order valence-electron chi connectivity index (χ4n) is 3.13. The molecule has 0 aliphatic heterocycles. The zero-order valence-corrected chi connectivity index (χ0v) is 13.5. The standard InChI is InChI=1S/C19H27NO/c1-19(2)11-9-18(10-12-19)20(3)15-17-7-4-6-16(14-17)8-5-13-21/h4,6-7,14,18,21H,9-13,15H2,1-3H3. The van der Waals surface area contributed by atoms with Gasteiger partial charge in [0.15, 0.2) is 0 Å². The van der Waals surface area contributed by atoms with E-state index in [1.54, 1.807) is 0 Å². The van der Waals surface area contributed by atoms with E-state index in [1.165, 1.54) is 31.2 Å². The van der Waals surface area contributed by atoms with Crippen LogP contribution in [0.1, 0.15) is 50.7 Å². The lowest BCUT2D eigenvalue weighted by atomic mass is 9.75. The summed E-state index contributed by atoms with van der Waals surface area (Å²) in [6, 6.07) is 9.04. The first-order valence-electron chi connectivity index (χ1n) is 7.89. The first-order chi connectivity index (χ1) is 10.00. The third kappa shape index (κ3) is 4.88. The van der Waals surface area contributed by atoms with Gasteiger partial charge in [0.2, 0.25) is 0 Å². The van der Waals surface area contributed by atoms with E-state index in [0.717, 1.165) is 12.1 Å². The number of rotatable bonds is 3. The summed E-state index contributed by atoms with van der Waals surface area (Å²) in [5.74, 6) is 5.69. The molecule has 0 bridgehead atoms. The van der Waals surface area contributed by atoms with Crippen LogP contribution in [0.2, 0.25) is 0 Å². The summed E-state index contributed by atoms with van der Waals surface area (Å²) in [6.45, 7) is 5.65. The van der Waals surface area contributed by atoms with E-state index in [-0.39, 0.29) is 6.61 Å². The molecule has 1 fully saturated rings. The minimum Gasteiger partial charge on any atom is -0.384 e. The van der Waals surface area contributed by atoms with Crippen molar-refractivity contribution in [3.8, 4) is 11.8 Å². The van der Waals surface area contributed by atoms with Gasteiger partial charge in [0.25, 0.3) is 0 Å². The number of benzene rings is 1. The molecule has 0 amide bonds. The molecule has 1 aliphatic carbocycles. The first-order valence-corrected chi connectivity index (χ1v) is 7.89. The highest BCUT2D eigenvalue weighted by Crippen LogP contribution is 2.36. The summed E-state index contributed by atoms with van der Waals surface area (Å²) < 4.78 is 0. The molecule has 21 heavy (non-hydrogen) atoms. The molecular formula is C19H27NO. The molecular weight excluding hydrogens is 258 g/mol. The molecule has 0 radical (unpaired) electrons. The second kappa shape index (κ2) is 7.11. The van der Waals surface area contributed by atoms with Crippen molar-refractivity contribution < 1.29 is 5.11 Å². The molecule has 1 N–H and O–H groups in total. The lowest BCUT2D eigenvalue weighted by molar-refractivity contribution is 0.123. The van der Waals surface area contributed by atoms with Crippen molar-refractivity contribution in [2.24, 2.45) is 5.41 Å². The van der Waals surface area contributed by atoms with Crippen molar-refractivity contribution in [2.75, 3.05) is 13.7 Å². The number of aliphatic hydroxyl groups is 1. The monoisotopic (exact) mass is 285 g/mol. The first kappa shape index (κ1) is 16.1. The molecule has 0 atom stereocenters. The smallest absolute Gasteiger partial charge is 0.104 e. The summed E-state index contributed by atoms with van der Waals surface area (Å²) in [7, 11) is 2.23. The van der Waals surface area contributed by atoms with Gasteiger partial charge in [-0.3, -0.25) is 4.90 Å². The fraction of sp³-hybridized carbons (Fsp3) is 0.579. The van der Waals surface area contributed by atoms with Gasteiger partial charge in [-0.1, -0.05) is 37.8 Å². The number of hydrogen-bond donors (Lipinski definition) is 1. The summed E-state index contributed by atoms with van der Waals surface area (Å²) in [5, 5.41) is 8.77. The Morgan fingerprint density at radius 2 is 2.00 bits per heavy atom. The Bertz CT molecular complexity index is 514. The molecule has 2 rings (SSSR count). The Morgan fingerprint density at radius 3 is 2.67 bits per heavy atom. The van der Waals surface area contributed by atoms with E-state index in [4.69, 9.17) is 5.11 Å². The highest BCUT2D eigenvalue weighted by Gasteiger charge is 2.28. The lowest BCUT2D eigenvalue weighted by Gasteiger charge is -2.38. The topological polar surface area (TPSA) is 23.5 Å². The van der Waals surface area contributed by atoms with E-state index in [0.29, 0.717) is 11.5 Å². The SMILES string of the molecule is CN(Cc1cccc(C#CCO)c1)C1CCC(C)(C)CC1. The molecule has 1 aromatic rings. The highest BCUT2D eigenvalue weighted by molar-refractivity contribution is 5.37. The van der Waals surface area contributed by atoms with Gasteiger partial charge >= 0.3 is 0 Å². The molecule has 0 unspecified atom stereocenters. The number of nitrogens with zero attached hydrogens (tertiary/aromatic N) is 1. The van der Waals surface area contributed by atoms with E-state index in [1.807, 2.05) is 6.07 Å². The van der Waals surface area contributed by atoms with Crippen LogP contribution < -0.4 is 0 Å². The summed E-state index contributed by atoms with van der Waals surface area (Å²) in [4.78, 5) is 2.48. The highest BCUT2D eigenvalue weighted by atomic mass is 16.2. The Kier molecular flexibility index (Phi) is 5.45. The third-order valence-electron chi connectivity index (χ3n) is 4.60. The summed E-state index contributed by atoms with van der Waals surface area (Å²) in [5.41, 5.74) is 2.81. The maximum Gasteiger partial charge on any atom is 0.104 e. The fourth-order valence-corrected chi connectivity index (χ4v) is 3.13. The van der Waals surface area contributed by atoms with E-state index in [9.17, 15) is 0 Å². The molecule has 1 saturated carbocycles. The van der Waals surface area contributed by atoms with Crippen LogP contribution in [-0.4, -0.2) is 29.7 Å². The molecule has 0 aromatic heterocycles. The minimum atomic E-state index is -0.0814. The molecule has 0 heterocycles. The quantitative estimate of drug-likeness (QED) is 0.860. The predicted molar refractivity (Wildman–Crippen MR) is 87.9 cm³/mol. The van der Waals surface area contributed by atoms with E-state index in [2.05, 4.69) is 55.8 Å². The predicted octanol–water partition coefficient (Wildman–Crippen LogP) is 3.43. The van der Waals surface area contributed by atoms with Crippen molar-refractivity contribution in [2.45, 2.75) is 52.1 Å². The normalized spacial score (nSPS) is 18.3. The van der Waals surface area contributed by atoms with Crippen LogP contribution in [0.15, 0.2) is 24.3 Å². The van der Waals surface area contributed by atoms with Crippen LogP contribution in [0.25, 0.3) is 0 Å². The zero-order valence-electron chi connectivity index (χ0n) is 13.5. The van der Waals surface area contributed by atoms with Crippen LogP contribution in [0.4, 0.5) is 0 Å². The summed E-state index contributed by atoms with van der Waals surface area (Å²) >= 11 is 0.